The first-order valence-electron chi connectivity index (χ1n) is 12.4. The van der Waals surface area contributed by atoms with Crippen LogP contribution in [0.4, 0.5) is 11.4 Å². The fourth-order valence-corrected chi connectivity index (χ4v) is 8.34. The van der Waals surface area contributed by atoms with Gasteiger partial charge in [-0.05, 0) is 60.5 Å². The topological polar surface area (TPSA) is 88.5 Å². The molecule has 1 saturated heterocycles. The average Bonchev–Trinajstić information content (AvgIpc) is 3.37. The van der Waals surface area contributed by atoms with Crippen LogP contribution >= 0.6 is 50.6 Å². The number of nitrogens with zero attached hydrogens (tertiary/aromatic N) is 2. The minimum absolute atomic E-state index is 0.209. The molecule has 3 amide bonds. The maximum atomic E-state index is 13.9. The maximum absolute atomic E-state index is 13.9. The number of anilines is 2. The first-order valence-corrected chi connectivity index (χ1v) is 15.2. The molecule has 3 aromatic carbocycles. The molecule has 3 heterocycles. The van der Waals surface area contributed by atoms with Crippen molar-refractivity contribution in [3.05, 3.63) is 108 Å². The molecule has 40 heavy (non-hydrogen) atoms. The summed E-state index contributed by atoms with van der Waals surface area (Å²) >= 11 is 11.7. The minimum atomic E-state index is -0.760. The second-order valence-corrected chi connectivity index (χ2v) is 13.0. The molecule has 7 nitrogen and oxygen atoms in total. The van der Waals surface area contributed by atoms with Crippen molar-refractivity contribution in [2.24, 2.45) is 5.92 Å². The molecule has 2 aliphatic rings. The first-order chi connectivity index (χ1) is 19.2. The van der Waals surface area contributed by atoms with Gasteiger partial charge >= 0.3 is 4.87 Å². The van der Waals surface area contributed by atoms with Crippen LogP contribution in [0, 0.1) is 12.8 Å². The summed E-state index contributed by atoms with van der Waals surface area (Å²) in [6, 6.07) is 21.5. The number of nitrogens with one attached hydrogen (secondary N) is 1. The summed E-state index contributed by atoms with van der Waals surface area (Å²) in [4.78, 5) is 55.6. The number of hydrogen-bond donors (Lipinski definition) is 1. The molecule has 1 aromatic heterocycles. The van der Waals surface area contributed by atoms with E-state index < -0.39 is 17.1 Å². The number of amides is 3. The van der Waals surface area contributed by atoms with E-state index in [2.05, 4.69) is 21.2 Å². The van der Waals surface area contributed by atoms with E-state index in [0.29, 0.717) is 26.3 Å². The number of thioether (sulfide) groups is 1. The van der Waals surface area contributed by atoms with Crippen molar-refractivity contribution in [2.75, 3.05) is 10.2 Å². The highest BCUT2D eigenvalue weighted by Gasteiger charge is 2.56. The van der Waals surface area contributed by atoms with Gasteiger partial charge in [-0.1, -0.05) is 81.0 Å². The lowest BCUT2D eigenvalue weighted by Gasteiger charge is -2.30. The Balaban J connectivity index is 1.41. The number of halogens is 2. The molecule has 4 aromatic rings. The van der Waals surface area contributed by atoms with E-state index in [9.17, 15) is 19.2 Å². The zero-order valence-electron chi connectivity index (χ0n) is 21.0. The first kappa shape index (κ1) is 27.0. The molecule has 1 fully saturated rings. The fourth-order valence-electron chi connectivity index (χ4n) is 5.18. The molecule has 0 radical (unpaired) electrons. The van der Waals surface area contributed by atoms with E-state index in [-0.39, 0.29) is 29.1 Å². The summed E-state index contributed by atoms with van der Waals surface area (Å²) in [6.07, 6.45) is 0. The standard InChI is InChI=1S/C29H21BrClN3O4S2/c1-15-4-2-3-5-20(15)32-21(35)14-33-28-25(40-29(33)38)22(16-6-8-17(30)9-7-16)23-24(39-28)27(37)34(26(23)36)19-12-10-18(31)11-13-19/h2-13,22-24H,14H2,1H3,(H,32,35)/t22-,23-,24+/m0/s1. The lowest BCUT2D eigenvalue weighted by atomic mass is 9.83. The number of para-hydroxylation sites is 1. The summed E-state index contributed by atoms with van der Waals surface area (Å²) < 4.78 is 2.29. The zero-order chi connectivity index (χ0) is 28.1. The van der Waals surface area contributed by atoms with Gasteiger partial charge in [0.15, 0.2) is 0 Å². The molecule has 2 aliphatic heterocycles. The van der Waals surface area contributed by atoms with Crippen LogP contribution in [0.5, 0.6) is 0 Å². The van der Waals surface area contributed by atoms with Crippen LogP contribution in [-0.2, 0) is 20.9 Å². The Bertz CT molecular complexity index is 1720. The van der Waals surface area contributed by atoms with E-state index in [1.165, 1.54) is 21.2 Å². The van der Waals surface area contributed by atoms with Gasteiger partial charge in [0.2, 0.25) is 17.7 Å². The molecule has 0 spiro atoms. The van der Waals surface area contributed by atoms with Crippen molar-refractivity contribution in [2.45, 2.75) is 29.7 Å². The van der Waals surface area contributed by atoms with Crippen molar-refractivity contribution in [3.63, 3.8) is 0 Å². The normalized spacial score (nSPS) is 19.9. The van der Waals surface area contributed by atoms with Gasteiger partial charge in [-0.2, -0.15) is 0 Å². The van der Waals surface area contributed by atoms with Crippen molar-refractivity contribution in [1.82, 2.24) is 4.57 Å². The molecule has 6 rings (SSSR count). The number of benzene rings is 3. The quantitative estimate of drug-likeness (QED) is 0.264. The maximum Gasteiger partial charge on any atom is 0.308 e. The smallest absolute Gasteiger partial charge is 0.308 e. The number of hydrogen-bond acceptors (Lipinski definition) is 6. The summed E-state index contributed by atoms with van der Waals surface area (Å²) in [6.45, 7) is 1.68. The molecule has 0 saturated carbocycles. The van der Waals surface area contributed by atoms with Crippen LogP contribution in [0.1, 0.15) is 21.9 Å². The van der Waals surface area contributed by atoms with Crippen LogP contribution in [0.2, 0.25) is 5.02 Å². The summed E-state index contributed by atoms with van der Waals surface area (Å²) in [5.41, 5.74) is 2.83. The summed E-state index contributed by atoms with van der Waals surface area (Å²) in [5, 5.41) is 3.16. The van der Waals surface area contributed by atoms with Gasteiger partial charge in [-0.15, -0.1) is 0 Å². The molecule has 0 unspecified atom stereocenters. The lowest BCUT2D eigenvalue weighted by molar-refractivity contribution is -0.122. The summed E-state index contributed by atoms with van der Waals surface area (Å²) in [7, 11) is 0. The molecule has 0 aliphatic carbocycles. The number of aromatic nitrogens is 1. The monoisotopic (exact) mass is 653 g/mol. The third kappa shape index (κ3) is 4.72. The third-order valence-electron chi connectivity index (χ3n) is 7.08. The Labute approximate surface area is 251 Å². The highest BCUT2D eigenvalue weighted by atomic mass is 79.9. The van der Waals surface area contributed by atoms with Crippen molar-refractivity contribution < 1.29 is 14.4 Å². The third-order valence-corrected chi connectivity index (χ3v) is 10.5. The molecular formula is C29H21BrClN3O4S2. The average molecular weight is 655 g/mol. The Morgan fingerprint density at radius 2 is 1.68 bits per heavy atom. The van der Waals surface area contributed by atoms with Crippen LogP contribution in [0.25, 0.3) is 0 Å². The molecular weight excluding hydrogens is 634 g/mol. The largest absolute Gasteiger partial charge is 0.324 e. The minimum Gasteiger partial charge on any atom is -0.324 e. The summed E-state index contributed by atoms with van der Waals surface area (Å²) in [5.74, 6) is -2.27. The van der Waals surface area contributed by atoms with Crippen LogP contribution in [0.3, 0.4) is 0 Å². The highest BCUT2D eigenvalue weighted by molar-refractivity contribution is 9.10. The number of rotatable bonds is 5. The lowest BCUT2D eigenvalue weighted by Crippen LogP contribution is -2.33. The molecule has 11 heteroatoms. The van der Waals surface area contributed by atoms with Crippen LogP contribution in [0.15, 0.2) is 87.1 Å². The van der Waals surface area contributed by atoms with Gasteiger partial charge < -0.3 is 5.32 Å². The van der Waals surface area contributed by atoms with E-state index in [1.54, 1.807) is 30.3 Å². The predicted octanol–water partition coefficient (Wildman–Crippen LogP) is 6.07. The SMILES string of the molecule is Cc1ccccc1NC(=O)Cn1c2c(sc1=O)[C@@H](c1ccc(Br)cc1)[C@@H]1C(=O)N(c3ccc(Cl)cc3)C(=O)[C@@H]1S2. The number of fused-ring (bicyclic) bond motifs is 2. The van der Waals surface area contributed by atoms with Gasteiger partial charge in [-0.3, -0.25) is 23.7 Å². The zero-order valence-corrected chi connectivity index (χ0v) is 24.9. The number of imide groups is 1. The van der Waals surface area contributed by atoms with E-state index in [0.717, 1.165) is 26.9 Å². The number of carbonyl (C=O) groups excluding carboxylic acids is 3. The van der Waals surface area contributed by atoms with Gasteiger partial charge in [0.1, 0.15) is 11.8 Å². The van der Waals surface area contributed by atoms with Gasteiger partial charge in [0.05, 0.1) is 16.6 Å². The van der Waals surface area contributed by atoms with E-state index in [1.807, 2.05) is 49.4 Å². The van der Waals surface area contributed by atoms with Crippen molar-refractivity contribution in [3.8, 4) is 0 Å². The molecule has 0 bridgehead atoms. The van der Waals surface area contributed by atoms with Crippen molar-refractivity contribution >= 4 is 79.7 Å². The number of carbonyl (C=O) groups is 3. The predicted molar refractivity (Wildman–Crippen MR) is 161 cm³/mol. The van der Waals surface area contributed by atoms with Crippen LogP contribution < -0.4 is 15.1 Å². The number of thiazole rings is 1. The highest BCUT2D eigenvalue weighted by Crippen LogP contribution is 2.54. The molecule has 1 N–H and O–H groups in total. The van der Waals surface area contributed by atoms with Crippen molar-refractivity contribution in [1.29, 1.82) is 0 Å². The van der Waals surface area contributed by atoms with E-state index in [4.69, 9.17) is 11.6 Å². The van der Waals surface area contributed by atoms with Gasteiger partial charge in [0, 0.05) is 26.0 Å². The Hall–Kier alpha value is -3.18. The van der Waals surface area contributed by atoms with Gasteiger partial charge in [0.25, 0.3) is 0 Å². The van der Waals surface area contributed by atoms with Crippen LogP contribution in [-0.4, -0.2) is 27.5 Å². The fraction of sp³-hybridized carbons (Fsp3) is 0.172. The Morgan fingerprint density at radius 1 is 0.975 bits per heavy atom. The number of aryl methyl sites for hydroxylation is 1. The Kier molecular flexibility index (Phi) is 7.20. The van der Waals surface area contributed by atoms with Gasteiger partial charge in [-0.25, -0.2) is 4.90 Å². The van der Waals surface area contributed by atoms with E-state index >= 15 is 0 Å². The second kappa shape index (κ2) is 10.7. The Morgan fingerprint density at radius 3 is 2.38 bits per heavy atom. The second-order valence-electron chi connectivity index (χ2n) is 9.57. The molecule has 3 atom stereocenters. The molecule has 202 valence electrons.